The van der Waals surface area contributed by atoms with Crippen molar-refractivity contribution in [3.63, 3.8) is 0 Å². The van der Waals surface area contributed by atoms with Crippen molar-refractivity contribution in [3.05, 3.63) is 48.2 Å². The minimum absolute atomic E-state index is 0.0173. The number of aromatic nitrogens is 1. The molecule has 0 radical (unpaired) electrons. The number of piperidine rings is 1. The lowest BCUT2D eigenvalue weighted by atomic mass is 9.95. The summed E-state index contributed by atoms with van der Waals surface area (Å²) in [5.41, 5.74) is 2.70. The first kappa shape index (κ1) is 15.8. The van der Waals surface area contributed by atoms with Gasteiger partial charge in [0.1, 0.15) is 5.69 Å². The van der Waals surface area contributed by atoms with Crippen molar-refractivity contribution in [1.82, 2.24) is 15.2 Å². The quantitative estimate of drug-likeness (QED) is 0.891. The molecule has 0 unspecified atom stereocenters. The highest BCUT2D eigenvalue weighted by Crippen LogP contribution is 2.19. The average Bonchev–Trinajstić information content (AvgIpc) is 3.06. The molecule has 1 aliphatic heterocycles. The van der Waals surface area contributed by atoms with Crippen molar-refractivity contribution >= 4 is 5.91 Å². The molecule has 122 valence electrons. The molecule has 2 N–H and O–H groups in total. The second-order valence-corrected chi connectivity index (χ2v) is 6.47. The third-order valence-electron chi connectivity index (χ3n) is 4.58. The van der Waals surface area contributed by atoms with Gasteiger partial charge in [-0.25, -0.2) is 0 Å². The normalized spacial score (nSPS) is 18.7. The van der Waals surface area contributed by atoms with E-state index in [0.29, 0.717) is 11.6 Å². The van der Waals surface area contributed by atoms with E-state index in [1.807, 2.05) is 42.5 Å². The summed E-state index contributed by atoms with van der Waals surface area (Å²) in [6.07, 6.45) is 3.61. The zero-order valence-corrected chi connectivity index (χ0v) is 13.7. The highest BCUT2D eigenvalue weighted by atomic mass is 16.1. The molecule has 0 bridgehead atoms. The zero-order chi connectivity index (χ0) is 16.1. The number of likely N-dealkylation sites (tertiary alicyclic amines) is 1. The van der Waals surface area contributed by atoms with Crippen LogP contribution in [0.1, 0.15) is 29.8 Å². The van der Waals surface area contributed by atoms with Gasteiger partial charge < -0.3 is 15.2 Å². The van der Waals surface area contributed by atoms with Crippen LogP contribution in [-0.2, 0) is 0 Å². The Bertz CT molecular complexity index is 635. The Morgan fingerprint density at radius 3 is 2.87 bits per heavy atom. The van der Waals surface area contributed by atoms with Crippen molar-refractivity contribution in [2.24, 2.45) is 5.92 Å². The summed E-state index contributed by atoms with van der Waals surface area (Å²) in [6, 6.07) is 13.9. The Morgan fingerprint density at radius 1 is 1.26 bits per heavy atom. The summed E-state index contributed by atoms with van der Waals surface area (Å²) in [6.45, 7) is 3.10. The number of amides is 1. The number of aromatic amines is 1. The van der Waals surface area contributed by atoms with E-state index in [2.05, 4.69) is 22.2 Å². The number of nitrogens with zero attached hydrogens (tertiary/aromatic N) is 1. The van der Waals surface area contributed by atoms with E-state index < -0.39 is 0 Å². The molecule has 1 saturated heterocycles. The van der Waals surface area contributed by atoms with Crippen LogP contribution < -0.4 is 5.32 Å². The average molecular weight is 311 g/mol. The largest absolute Gasteiger partial charge is 0.351 e. The van der Waals surface area contributed by atoms with Crippen LogP contribution in [0.5, 0.6) is 0 Å². The summed E-state index contributed by atoms with van der Waals surface area (Å²) >= 11 is 0. The Morgan fingerprint density at radius 2 is 2.09 bits per heavy atom. The van der Waals surface area contributed by atoms with Gasteiger partial charge in [0.15, 0.2) is 0 Å². The molecule has 1 aromatic heterocycles. The Hall–Kier alpha value is -2.07. The van der Waals surface area contributed by atoms with Crippen LogP contribution >= 0.6 is 0 Å². The van der Waals surface area contributed by atoms with Gasteiger partial charge in [-0.2, -0.15) is 0 Å². The molecule has 2 aromatic rings. The van der Waals surface area contributed by atoms with E-state index in [-0.39, 0.29) is 5.91 Å². The maximum atomic E-state index is 12.2. The first-order valence-electron chi connectivity index (χ1n) is 8.43. The first-order valence-corrected chi connectivity index (χ1v) is 8.43. The predicted molar refractivity (Wildman–Crippen MR) is 93.4 cm³/mol. The maximum Gasteiger partial charge on any atom is 0.267 e. The van der Waals surface area contributed by atoms with Crippen LogP contribution in [-0.4, -0.2) is 42.5 Å². The SMILES string of the molecule is CN1CCC[C@@H](CCNC(=O)c2ccc(-c3ccccc3)[nH]2)C1. The van der Waals surface area contributed by atoms with Crippen LogP contribution in [0.2, 0.25) is 0 Å². The number of benzene rings is 1. The van der Waals surface area contributed by atoms with Crippen molar-refractivity contribution in [2.75, 3.05) is 26.7 Å². The van der Waals surface area contributed by atoms with Gasteiger partial charge in [0, 0.05) is 18.8 Å². The Balaban J connectivity index is 1.50. The smallest absolute Gasteiger partial charge is 0.267 e. The highest BCUT2D eigenvalue weighted by Gasteiger charge is 2.17. The van der Waals surface area contributed by atoms with E-state index in [0.717, 1.165) is 30.8 Å². The van der Waals surface area contributed by atoms with Crippen LogP contribution in [0.3, 0.4) is 0 Å². The fraction of sp³-hybridized carbons (Fsp3) is 0.421. The van der Waals surface area contributed by atoms with E-state index in [9.17, 15) is 4.79 Å². The second kappa shape index (κ2) is 7.47. The van der Waals surface area contributed by atoms with Crippen molar-refractivity contribution in [1.29, 1.82) is 0 Å². The van der Waals surface area contributed by atoms with Crippen molar-refractivity contribution in [2.45, 2.75) is 19.3 Å². The van der Waals surface area contributed by atoms with E-state index in [4.69, 9.17) is 0 Å². The van der Waals surface area contributed by atoms with Gasteiger partial charge in [-0.3, -0.25) is 4.79 Å². The summed E-state index contributed by atoms with van der Waals surface area (Å²) in [7, 11) is 2.18. The topological polar surface area (TPSA) is 48.1 Å². The number of hydrogen-bond acceptors (Lipinski definition) is 2. The maximum absolute atomic E-state index is 12.2. The van der Waals surface area contributed by atoms with E-state index in [1.54, 1.807) is 0 Å². The van der Waals surface area contributed by atoms with Crippen molar-refractivity contribution in [3.8, 4) is 11.3 Å². The second-order valence-electron chi connectivity index (χ2n) is 6.47. The molecule has 0 aliphatic carbocycles. The Labute approximate surface area is 137 Å². The third kappa shape index (κ3) is 4.23. The number of rotatable bonds is 5. The monoisotopic (exact) mass is 311 g/mol. The molecule has 1 aliphatic rings. The van der Waals surface area contributed by atoms with Gasteiger partial charge >= 0.3 is 0 Å². The minimum Gasteiger partial charge on any atom is -0.351 e. The molecular weight excluding hydrogens is 286 g/mol. The number of carbonyl (C=O) groups is 1. The first-order chi connectivity index (χ1) is 11.2. The molecule has 0 saturated carbocycles. The molecule has 4 nitrogen and oxygen atoms in total. The van der Waals surface area contributed by atoms with Gasteiger partial charge in [-0.15, -0.1) is 0 Å². The van der Waals surface area contributed by atoms with E-state index in [1.165, 1.54) is 19.4 Å². The summed E-state index contributed by atoms with van der Waals surface area (Å²) in [5.74, 6) is 0.689. The van der Waals surface area contributed by atoms with Gasteiger partial charge in [0.2, 0.25) is 0 Å². The molecule has 3 rings (SSSR count). The molecule has 23 heavy (non-hydrogen) atoms. The fourth-order valence-electron chi connectivity index (χ4n) is 3.31. The summed E-state index contributed by atoms with van der Waals surface area (Å²) in [5, 5.41) is 3.04. The standard InChI is InChI=1S/C19H25N3O/c1-22-13-5-6-15(14-22)11-12-20-19(23)18-10-9-17(21-18)16-7-3-2-4-8-16/h2-4,7-10,15,21H,5-6,11-14H2,1H3,(H,20,23)/t15-/m0/s1. The lowest BCUT2D eigenvalue weighted by Crippen LogP contribution is -2.34. The molecular formula is C19H25N3O. The molecule has 0 spiro atoms. The van der Waals surface area contributed by atoms with Crippen LogP contribution in [0.25, 0.3) is 11.3 Å². The number of nitrogens with one attached hydrogen (secondary N) is 2. The van der Waals surface area contributed by atoms with Crippen LogP contribution in [0, 0.1) is 5.92 Å². The van der Waals surface area contributed by atoms with Gasteiger partial charge in [0.05, 0.1) is 0 Å². The molecule has 1 amide bonds. The third-order valence-corrected chi connectivity index (χ3v) is 4.58. The van der Waals surface area contributed by atoms with Crippen LogP contribution in [0.4, 0.5) is 0 Å². The number of carbonyl (C=O) groups excluding carboxylic acids is 1. The Kier molecular flexibility index (Phi) is 5.13. The van der Waals surface area contributed by atoms with Crippen molar-refractivity contribution < 1.29 is 4.79 Å². The lowest BCUT2D eigenvalue weighted by molar-refractivity contribution is 0.0944. The fourth-order valence-corrected chi connectivity index (χ4v) is 3.31. The zero-order valence-electron chi connectivity index (χ0n) is 13.7. The lowest BCUT2D eigenvalue weighted by Gasteiger charge is -2.29. The molecule has 1 fully saturated rings. The van der Waals surface area contributed by atoms with Gasteiger partial charge in [-0.1, -0.05) is 30.3 Å². The molecule has 1 aromatic carbocycles. The number of H-pyrrole nitrogens is 1. The minimum atomic E-state index is -0.0173. The predicted octanol–water partition coefficient (Wildman–Crippen LogP) is 3.14. The number of hydrogen-bond donors (Lipinski definition) is 2. The van der Waals surface area contributed by atoms with E-state index >= 15 is 0 Å². The van der Waals surface area contributed by atoms with Gasteiger partial charge in [0.25, 0.3) is 5.91 Å². The van der Waals surface area contributed by atoms with Crippen LogP contribution in [0.15, 0.2) is 42.5 Å². The molecule has 4 heteroatoms. The molecule has 1 atom stereocenters. The highest BCUT2D eigenvalue weighted by molar-refractivity contribution is 5.93. The summed E-state index contributed by atoms with van der Waals surface area (Å²) in [4.78, 5) is 17.8. The molecule has 2 heterocycles. The summed E-state index contributed by atoms with van der Waals surface area (Å²) < 4.78 is 0. The van der Waals surface area contributed by atoms with Gasteiger partial charge in [-0.05, 0) is 56.5 Å².